The molecule has 0 spiro atoms. The SMILES string of the molecule is CCCCCCN1C(=O)[C@@H]2Cc3ccccc3CN2C1=O. The Morgan fingerprint density at radius 2 is 1.86 bits per heavy atom. The van der Waals surface area contributed by atoms with Gasteiger partial charge in [-0.05, 0) is 17.5 Å². The molecule has 0 saturated carbocycles. The average Bonchev–Trinajstić information content (AvgIpc) is 2.74. The normalized spacial score (nSPS) is 20.7. The summed E-state index contributed by atoms with van der Waals surface area (Å²) >= 11 is 0. The van der Waals surface area contributed by atoms with Crippen LogP contribution in [0, 0.1) is 0 Å². The third-order valence-electron chi connectivity index (χ3n) is 4.51. The summed E-state index contributed by atoms with van der Waals surface area (Å²) in [5, 5.41) is 0. The lowest BCUT2D eigenvalue weighted by molar-refractivity contribution is -0.128. The van der Waals surface area contributed by atoms with Crippen molar-refractivity contribution in [2.45, 2.75) is 51.6 Å². The maximum absolute atomic E-state index is 12.5. The van der Waals surface area contributed by atoms with E-state index in [4.69, 9.17) is 0 Å². The van der Waals surface area contributed by atoms with Gasteiger partial charge in [0.15, 0.2) is 0 Å². The molecule has 1 saturated heterocycles. The number of fused-ring (bicyclic) bond motifs is 2. The lowest BCUT2D eigenvalue weighted by atomic mass is 9.95. The Labute approximate surface area is 125 Å². The van der Waals surface area contributed by atoms with E-state index >= 15 is 0 Å². The quantitative estimate of drug-likeness (QED) is 0.617. The van der Waals surface area contributed by atoms with E-state index in [1.807, 2.05) is 18.2 Å². The van der Waals surface area contributed by atoms with Crippen molar-refractivity contribution >= 4 is 11.9 Å². The molecule has 0 radical (unpaired) electrons. The van der Waals surface area contributed by atoms with Crippen LogP contribution < -0.4 is 0 Å². The van der Waals surface area contributed by atoms with Crippen LogP contribution in [-0.2, 0) is 17.8 Å². The molecule has 1 atom stereocenters. The fraction of sp³-hybridized carbons (Fsp3) is 0.529. The number of benzene rings is 1. The third kappa shape index (κ3) is 2.55. The molecule has 0 unspecified atom stereocenters. The zero-order valence-corrected chi connectivity index (χ0v) is 12.5. The van der Waals surface area contributed by atoms with Gasteiger partial charge in [-0.1, -0.05) is 50.5 Å². The molecule has 4 nitrogen and oxygen atoms in total. The molecule has 3 amide bonds. The molecule has 0 bridgehead atoms. The zero-order valence-electron chi connectivity index (χ0n) is 12.5. The maximum Gasteiger partial charge on any atom is 0.327 e. The Balaban J connectivity index is 1.71. The van der Waals surface area contributed by atoms with E-state index in [2.05, 4.69) is 13.0 Å². The molecule has 3 rings (SSSR count). The smallest absolute Gasteiger partial charge is 0.308 e. The number of nitrogens with zero attached hydrogens (tertiary/aromatic N) is 2. The number of rotatable bonds is 5. The summed E-state index contributed by atoms with van der Waals surface area (Å²) in [6.07, 6.45) is 4.98. The average molecular weight is 286 g/mol. The summed E-state index contributed by atoms with van der Waals surface area (Å²) in [5.41, 5.74) is 2.37. The molecule has 2 aliphatic rings. The van der Waals surface area contributed by atoms with E-state index in [-0.39, 0.29) is 18.0 Å². The summed E-state index contributed by atoms with van der Waals surface area (Å²) in [5.74, 6) is -0.00833. The molecule has 1 aromatic carbocycles. The minimum absolute atomic E-state index is 0.00833. The highest BCUT2D eigenvalue weighted by Crippen LogP contribution is 2.30. The number of amides is 3. The van der Waals surface area contributed by atoms with E-state index in [1.54, 1.807) is 4.90 Å². The first-order valence-electron chi connectivity index (χ1n) is 7.91. The highest BCUT2D eigenvalue weighted by molar-refractivity contribution is 6.04. The predicted octanol–water partition coefficient (Wildman–Crippen LogP) is 2.96. The second kappa shape index (κ2) is 5.88. The largest absolute Gasteiger partial charge is 0.327 e. The number of urea groups is 1. The topological polar surface area (TPSA) is 40.6 Å². The first kappa shape index (κ1) is 14.1. The highest BCUT2D eigenvalue weighted by atomic mass is 16.2. The van der Waals surface area contributed by atoms with E-state index in [1.165, 1.54) is 16.0 Å². The molecule has 1 fully saturated rings. The van der Waals surface area contributed by atoms with Crippen LogP contribution in [0.4, 0.5) is 4.79 Å². The molecule has 21 heavy (non-hydrogen) atoms. The number of hydrogen-bond acceptors (Lipinski definition) is 2. The van der Waals surface area contributed by atoms with Crippen LogP contribution in [0.5, 0.6) is 0 Å². The van der Waals surface area contributed by atoms with Gasteiger partial charge >= 0.3 is 6.03 Å². The first-order chi connectivity index (χ1) is 10.2. The van der Waals surface area contributed by atoms with Crippen molar-refractivity contribution in [3.63, 3.8) is 0 Å². The van der Waals surface area contributed by atoms with Gasteiger partial charge in [0.05, 0.1) is 0 Å². The number of carbonyl (C=O) groups is 2. The van der Waals surface area contributed by atoms with Crippen LogP contribution >= 0.6 is 0 Å². The van der Waals surface area contributed by atoms with Gasteiger partial charge in [0, 0.05) is 19.5 Å². The van der Waals surface area contributed by atoms with Crippen molar-refractivity contribution < 1.29 is 9.59 Å². The maximum atomic E-state index is 12.5. The van der Waals surface area contributed by atoms with E-state index < -0.39 is 0 Å². The van der Waals surface area contributed by atoms with Crippen molar-refractivity contribution in [2.24, 2.45) is 0 Å². The summed E-state index contributed by atoms with van der Waals surface area (Å²) in [6, 6.07) is 7.72. The fourth-order valence-corrected chi connectivity index (χ4v) is 3.28. The van der Waals surface area contributed by atoms with Gasteiger partial charge in [0.2, 0.25) is 0 Å². The van der Waals surface area contributed by atoms with E-state index in [9.17, 15) is 9.59 Å². The summed E-state index contributed by atoms with van der Waals surface area (Å²) in [4.78, 5) is 28.1. The zero-order chi connectivity index (χ0) is 14.8. The monoisotopic (exact) mass is 286 g/mol. The Morgan fingerprint density at radius 1 is 1.10 bits per heavy atom. The van der Waals surface area contributed by atoms with Crippen LogP contribution in [-0.4, -0.2) is 34.3 Å². The Morgan fingerprint density at radius 3 is 2.62 bits per heavy atom. The Bertz CT molecular complexity index is 512. The second-order valence-electron chi connectivity index (χ2n) is 5.95. The van der Waals surface area contributed by atoms with Crippen LogP contribution in [0.25, 0.3) is 0 Å². The van der Waals surface area contributed by atoms with Crippen LogP contribution in [0.3, 0.4) is 0 Å². The van der Waals surface area contributed by atoms with Gasteiger partial charge in [-0.25, -0.2) is 4.79 Å². The van der Waals surface area contributed by atoms with Crippen LogP contribution in [0.2, 0.25) is 0 Å². The molecular weight excluding hydrogens is 264 g/mol. The first-order valence-corrected chi connectivity index (χ1v) is 7.91. The molecule has 0 N–H and O–H groups in total. The number of carbonyl (C=O) groups excluding carboxylic acids is 2. The minimum Gasteiger partial charge on any atom is -0.308 e. The van der Waals surface area contributed by atoms with Crippen LogP contribution in [0.15, 0.2) is 24.3 Å². The van der Waals surface area contributed by atoms with Gasteiger partial charge < -0.3 is 4.90 Å². The third-order valence-corrected chi connectivity index (χ3v) is 4.51. The summed E-state index contributed by atoms with van der Waals surface area (Å²) < 4.78 is 0. The van der Waals surface area contributed by atoms with E-state index in [0.29, 0.717) is 19.5 Å². The molecule has 1 aromatic rings. The molecule has 0 aliphatic carbocycles. The van der Waals surface area contributed by atoms with Crippen molar-refractivity contribution in [1.82, 2.24) is 9.80 Å². The molecular formula is C17H22N2O2. The highest BCUT2D eigenvalue weighted by Gasteiger charge is 2.46. The van der Waals surface area contributed by atoms with Gasteiger partial charge in [0.25, 0.3) is 5.91 Å². The van der Waals surface area contributed by atoms with Gasteiger partial charge in [-0.3, -0.25) is 9.69 Å². The molecule has 0 aromatic heterocycles. The Kier molecular flexibility index (Phi) is 3.95. The van der Waals surface area contributed by atoms with Gasteiger partial charge in [-0.15, -0.1) is 0 Å². The number of imide groups is 1. The van der Waals surface area contributed by atoms with Crippen molar-refractivity contribution in [3.05, 3.63) is 35.4 Å². The van der Waals surface area contributed by atoms with Gasteiger partial charge in [-0.2, -0.15) is 0 Å². The summed E-state index contributed by atoms with van der Waals surface area (Å²) in [7, 11) is 0. The van der Waals surface area contributed by atoms with Gasteiger partial charge in [0.1, 0.15) is 6.04 Å². The number of hydrogen-bond donors (Lipinski definition) is 0. The van der Waals surface area contributed by atoms with Crippen molar-refractivity contribution in [1.29, 1.82) is 0 Å². The van der Waals surface area contributed by atoms with Crippen molar-refractivity contribution in [2.75, 3.05) is 6.54 Å². The lowest BCUT2D eigenvalue weighted by Crippen LogP contribution is -2.39. The van der Waals surface area contributed by atoms with Crippen LogP contribution in [0.1, 0.15) is 43.7 Å². The van der Waals surface area contributed by atoms with Crippen molar-refractivity contribution in [3.8, 4) is 0 Å². The standard InChI is InChI=1S/C17H22N2O2/c1-2-3-4-7-10-18-16(20)15-11-13-8-5-6-9-14(13)12-19(15)17(18)21/h5-6,8-9,15H,2-4,7,10-12H2,1H3/t15-/m0/s1. The lowest BCUT2D eigenvalue weighted by Gasteiger charge is -2.28. The Hall–Kier alpha value is -1.84. The second-order valence-corrected chi connectivity index (χ2v) is 5.95. The molecule has 4 heteroatoms. The fourth-order valence-electron chi connectivity index (χ4n) is 3.28. The molecule has 2 aliphatic heterocycles. The predicted molar refractivity (Wildman–Crippen MR) is 80.7 cm³/mol. The summed E-state index contributed by atoms with van der Waals surface area (Å²) in [6.45, 7) is 3.29. The number of unbranched alkanes of at least 4 members (excludes halogenated alkanes) is 3. The minimum atomic E-state index is -0.279. The van der Waals surface area contributed by atoms with E-state index in [0.717, 1.165) is 25.7 Å². The molecule has 2 heterocycles. The molecule has 112 valence electrons.